The molecule has 0 saturated heterocycles. The number of rotatable bonds is 1. The minimum absolute atomic E-state index is 0.160. The standard InChI is InChI=1S/C10H14N2O2/c1-10-3-5(10)2-6-7(4-10)11-12-8(6)9(13)14/h5-7,11H,2-4H2,1H3,(H,13,14)/t5-,6?,7?,10-/m0/s1. The second-order valence-electron chi connectivity index (χ2n) is 5.14. The summed E-state index contributed by atoms with van der Waals surface area (Å²) in [5.41, 5.74) is 3.81. The lowest BCUT2D eigenvalue weighted by molar-refractivity contribution is -0.129. The molecule has 3 rings (SSSR count). The van der Waals surface area contributed by atoms with Crippen molar-refractivity contribution in [1.29, 1.82) is 0 Å². The molecule has 0 bridgehead atoms. The second kappa shape index (κ2) is 2.30. The molecule has 14 heavy (non-hydrogen) atoms. The highest BCUT2D eigenvalue weighted by Crippen LogP contribution is 2.62. The van der Waals surface area contributed by atoms with Crippen LogP contribution in [0.25, 0.3) is 0 Å². The molecule has 4 nitrogen and oxygen atoms in total. The number of carbonyl (C=O) groups is 1. The lowest BCUT2D eigenvalue weighted by atomic mass is 9.77. The molecule has 2 N–H and O–H groups in total. The maximum absolute atomic E-state index is 10.9. The maximum Gasteiger partial charge on any atom is 0.352 e. The molecule has 2 unspecified atom stereocenters. The minimum Gasteiger partial charge on any atom is -0.477 e. The summed E-state index contributed by atoms with van der Waals surface area (Å²) in [5, 5.41) is 12.9. The number of hydrazone groups is 1. The normalized spacial score (nSPS) is 48.6. The third kappa shape index (κ3) is 0.938. The Balaban J connectivity index is 1.83. The van der Waals surface area contributed by atoms with Crippen LogP contribution in [-0.4, -0.2) is 22.8 Å². The molecule has 4 heteroatoms. The van der Waals surface area contributed by atoms with Crippen LogP contribution in [0.5, 0.6) is 0 Å². The number of hydrogen-bond donors (Lipinski definition) is 2. The maximum atomic E-state index is 10.9. The van der Waals surface area contributed by atoms with E-state index in [1.165, 1.54) is 6.42 Å². The van der Waals surface area contributed by atoms with E-state index >= 15 is 0 Å². The van der Waals surface area contributed by atoms with Crippen molar-refractivity contribution in [2.24, 2.45) is 22.4 Å². The van der Waals surface area contributed by atoms with Gasteiger partial charge in [-0.15, -0.1) is 0 Å². The van der Waals surface area contributed by atoms with Crippen molar-refractivity contribution >= 4 is 11.7 Å². The topological polar surface area (TPSA) is 61.7 Å². The van der Waals surface area contributed by atoms with Crippen LogP contribution in [0.2, 0.25) is 0 Å². The third-order valence-corrected chi connectivity index (χ3v) is 4.17. The Morgan fingerprint density at radius 3 is 3.14 bits per heavy atom. The van der Waals surface area contributed by atoms with Crippen molar-refractivity contribution in [2.45, 2.75) is 32.2 Å². The Bertz CT molecular complexity index is 339. The van der Waals surface area contributed by atoms with Gasteiger partial charge in [0.2, 0.25) is 0 Å². The Labute approximate surface area is 82.4 Å². The Hall–Kier alpha value is -1.06. The van der Waals surface area contributed by atoms with Crippen LogP contribution in [0.1, 0.15) is 26.2 Å². The van der Waals surface area contributed by atoms with E-state index in [-0.39, 0.29) is 12.0 Å². The molecule has 2 saturated carbocycles. The summed E-state index contributed by atoms with van der Waals surface area (Å²) in [4.78, 5) is 10.9. The molecular formula is C10H14N2O2. The van der Waals surface area contributed by atoms with Gasteiger partial charge in [-0.25, -0.2) is 4.79 Å². The van der Waals surface area contributed by atoms with Gasteiger partial charge in [-0.05, 0) is 30.6 Å². The van der Waals surface area contributed by atoms with Gasteiger partial charge >= 0.3 is 5.97 Å². The van der Waals surface area contributed by atoms with Crippen LogP contribution in [0, 0.1) is 17.3 Å². The number of carboxylic acid groups (broad SMARTS) is 1. The van der Waals surface area contributed by atoms with Crippen LogP contribution in [0.4, 0.5) is 0 Å². The summed E-state index contributed by atoms with van der Waals surface area (Å²) in [6.07, 6.45) is 3.37. The Morgan fingerprint density at radius 1 is 1.64 bits per heavy atom. The largest absolute Gasteiger partial charge is 0.477 e. The van der Waals surface area contributed by atoms with Crippen molar-refractivity contribution < 1.29 is 9.90 Å². The number of carboxylic acids is 1. The van der Waals surface area contributed by atoms with Crippen molar-refractivity contribution in [3.8, 4) is 0 Å². The first-order chi connectivity index (χ1) is 6.60. The zero-order chi connectivity index (χ0) is 9.92. The number of nitrogens with zero attached hydrogens (tertiary/aromatic N) is 1. The number of fused-ring (bicyclic) bond motifs is 2. The third-order valence-electron chi connectivity index (χ3n) is 4.17. The summed E-state index contributed by atoms with van der Waals surface area (Å²) in [7, 11) is 0. The van der Waals surface area contributed by atoms with E-state index in [2.05, 4.69) is 17.5 Å². The number of hydrogen-bond acceptors (Lipinski definition) is 3. The molecule has 1 heterocycles. The zero-order valence-corrected chi connectivity index (χ0v) is 8.16. The molecule has 2 aliphatic carbocycles. The monoisotopic (exact) mass is 194 g/mol. The van der Waals surface area contributed by atoms with Crippen LogP contribution in [0.3, 0.4) is 0 Å². The number of nitrogens with one attached hydrogen (secondary N) is 1. The fourth-order valence-electron chi connectivity index (χ4n) is 3.12. The van der Waals surface area contributed by atoms with Crippen LogP contribution >= 0.6 is 0 Å². The molecule has 2 fully saturated rings. The van der Waals surface area contributed by atoms with E-state index in [1.54, 1.807) is 0 Å². The molecule has 0 aromatic heterocycles. The van der Waals surface area contributed by atoms with Gasteiger partial charge in [-0.1, -0.05) is 6.92 Å². The fourth-order valence-corrected chi connectivity index (χ4v) is 3.12. The van der Waals surface area contributed by atoms with Crippen molar-refractivity contribution in [1.82, 2.24) is 5.43 Å². The first-order valence-corrected chi connectivity index (χ1v) is 5.16. The van der Waals surface area contributed by atoms with Gasteiger partial charge in [0.15, 0.2) is 0 Å². The van der Waals surface area contributed by atoms with E-state index in [0.29, 0.717) is 11.1 Å². The summed E-state index contributed by atoms with van der Waals surface area (Å²) in [6, 6.07) is 0.282. The van der Waals surface area contributed by atoms with Crippen LogP contribution in [0.15, 0.2) is 5.10 Å². The summed E-state index contributed by atoms with van der Waals surface area (Å²) < 4.78 is 0. The van der Waals surface area contributed by atoms with E-state index in [0.717, 1.165) is 18.8 Å². The molecule has 0 aromatic carbocycles. The summed E-state index contributed by atoms with van der Waals surface area (Å²) in [5.74, 6) is 0.0514. The first kappa shape index (κ1) is 8.26. The van der Waals surface area contributed by atoms with Gasteiger partial charge in [0, 0.05) is 5.92 Å². The molecule has 0 radical (unpaired) electrons. The van der Waals surface area contributed by atoms with Crippen molar-refractivity contribution in [2.75, 3.05) is 0 Å². The molecule has 3 aliphatic rings. The van der Waals surface area contributed by atoms with Gasteiger partial charge in [0.05, 0.1) is 6.04 Å². The average Bonchev–Trinajstić information content (AvgIpc) is 2.57. The lowest BCUT2D eigenvalue weighted by Gasteiger charge is -2.28. The zero-order valence-electron chi connectivity index (χ0n) is 8.16. The van der Waals surface area contributed by atoms with Gasteiger partial charge < -0.3 is 10.5 Å². The van der Waals surface area contributed by atoms with Crippen LogP contribution in [-0.2, 0) is 4.79 Å². The molecule has 0 amide bonds. The Kier molecular flexibility index (Phi) is 1.36. The van der Waals surface area contributed by atoms with Gasteiger partial charge in [0.1, 0.15) is 5.71 Å². The smallest absolute Gasteiger partial charge is 0.352 e. The predicted molar refractivity (Wildman–Crippen MR) is 50.9 cm³/mol. The molecular weight excluding hydrogens is 180 g/mol. The molecule has 4 atom stereocenters. The van der Waals surface area contributed by atoms with E-state index < -0.39 is 5.97 Å². The van der Waals surface area contributed by atoms with E-state index in [1.807, 2.05) is 0 Å². The highest BCUT2D eigenvalue weighted by Gasteiger charge is 2.58. The first-order valence-electron chi connectivity index (χ1n) is 5.16. The molecule has 76 valence electrons. The van der Waals surface area contributed by atoms with Crippen molar-refractivity contribution in [3.63, 3.8) is 0 Å². The van der Waals surface area contributed by atoms with Crippen molar-refractivity contribution in [3.05, 3.63) is 0 Å². The predicted octanol–water partition coefficient (Wildman–Crippen LogP) is 0.835. The Morgan fingerprint density at radius 2 is 2.43 bits per heavy atom. The molecule has 1 aliphatic heterocycles. The van der Waals surface area contributed by atoms with Crippen LogP contribution < -0.4 is 5.43 Å². The van der Waals surface area contributed by atoms with E-state index in [4.69, 9.17) is 5.11 Å². The number of aliphatic carboxylic acids is 1. The fraction of sp³-hybridized carbons (Fsp3) is 0.800. The summed E-state index contributed by atoms with van der Waals surface area (Å²) >= 11 is 0. The lowest BCUT2D eigenvalue weighted by Crippen LogP contribution is -2.37. The van der Waals surface area contributed by atoms with Gasteiger partial charge in [0.25, 0.3) is 0 Å². The summed E-state index contributed by atoms with van der Waals surface area (Å²) in [6.45, 7) is 2.30. The second-order valence-corrected chi connectivity index (χ2v) is 5.14. The highest BCUT2D eigenvalue weighted by molar-refractivity contribution is 6.37. The molecule has 0 aromatic rings. The highest BCUT2D eigenvalue weighted by atomic mass is 16.4. The minimum atomic E-state index is -0.853. The average molecular weight is 194 g/mol. The van der Waals surface area contributed by atoms with Gasteiger partial charge in [-0.2, -0.15) is 5.10 Å². The molecule has 0 spiro atoms. The quantitative estimate of drug-likeness (QED) is 0.650. The SMILES string of the molecule is C[C@]12CC3NN=C(C(=O)O)C3C[C@H]1C2. The van der Waals surface area contributed by atoms with Gasteiger partial charge in [-0.3, -0.25) is 0 Å². The van der Waals surface area contributed by atoms with E-state index in [9.17, 15) is 4.79 Å².